The van der Waals surface area contributed by atoms with E-state index >= 15 is 0 Å². The Morgan fingerprint density at radius 1 is 1.14 bits per heavy atom. The second-order valence-electron chi connectivity index (χ2n) is 6.19. The van der Waals surface area contributed by atoms with Crippen LogP contribution in [0, 0.1) is 0 Å². The van der Waals surface area contributed by atoms with Gasteiger partial charge in [-0.1, -0.05) is 27.7 Å². The van der Waals surface area contributed by atoms with Gasteiger partial charge in [-0.2, -0.15) is 4.98 Å². The minimum absolute atomic E-state index is 0.167. The molecule has 0 bridgehead atoms. The normalized spacial score (nSPS) is 11.5. The monoisotopic (exact) mass is 310 g/mol. The molecule has 1 aromatic heterocycles. The Balaban J connectivity index is 2.88. The van der Waals surface area contributed by atoms with Crippen molar-refractivity contribution in [2.75, 3.05) is 37.4 Å². The molecule has 0 aromatic carbocycles. The van der Waals surface area contributed by atoms with Gasteiger partial charge in [0, 0.05) is 25.2 Å². The molecule has 0 aliphatic heterocycles. The molecule has 3 N–H and O–H groups in total. The van der Waals surface area contributed by atoms with Crippen LogP contribution < -0.4 is 15.8 Å². The average Bonchev–Trinajstić information content (AvgIpc) is 2.46. The van der Waals surface area contributed by atoms with Crippen LogP contribution in [0.15, 0.2) is 0 Å². The third-order valence-corrected chi connectivity index (χ3v) is 2.99. The maximum atomic E-state index is 6.13. The third-order valence-electron chi connectivity index (χ3n) is 2.99. The number of anilines is 2. The Morgan fingerprint density at radius 3 is 2.45 bits per heavy atom. The maximum Gasteiger partial charge on any atom is 0.242 e. The molecule has 1 heterocycles. The lowest BCUT2D eigenvalue weighted by Gasteiger charge is -2.20. The fraction of sp³-hybridized carbons (Fsp3) is 0.750. The Labute approximate surface area is 133 Å². The van der Waals surface area contributed by atoms with Gasteiger partial charge in [-0.05, 0) is 19.8 Å². The summed E-state index contributed by atoms with van der Waals surface area (Å²) in [6.07, 6.45) is 1.80. The summed E-state index contributed by atoms with van der Waals surface area (Å²) in [5.74, 6) is 1.83. The maximum absolute atomic E-state index is 6.13. The van der Waals surface area contributed by atoms with Crippen molar-refractivity contribution in [3.63, 3.8) is 0 Å². The molecule has 6 heteroatoms. The Hall–Kier alpha value is -1.56. The van der Waals surface area contributed by atoms with Gasteiger partial charge in [-0.25, -0.2) is 4.98 Å². The number of nitrogens with one attached hydrogen (secondary N) is 1. The minimum atomic E-state index is -0.167. The molecule has 0 amide bonds. The van der Waals surface area contributed by atoms with E-state index in [1.807, 2.05) is 6.92 Å². The topological polar surface area (TPSA) is 82.3 Å². The van der Waals surface area contributed by atoms with Crippen LogP contribution in [0.25, 0.3) is 0 Å². The van der Waals surface area contributed by atoms with Crippen LogP contribution in [0.4, 0.5) is 11.5 Å². The molecular formula is C16H30N4O2. The molecule has 0 radical (unpaired) electrons. The van der Waals surface area contributed by atoms with E-state index in [1.165, 1.54) is 0 Å². The molecule has 1 rings (SSSR count). The largest absolute Gasteiger partial charge is 0.476 e. The smallest absolute Gasteiger partial charge is 0.242 e. The summed E-state index contributed by atoms with van der Waals surface area (Å²) in [4.78, 5) is 9.04. The summed E-state index contributed by atoms with van der Waals surface area (Å²) in [5.41, 5.74) is 6.44. The van der Waals surface area contributed by atoms with Gasteiger partial charge in [0.15, 0.2) is 5.82 Å². The molecule has 0 fully saturated rings. The molecule has 22 heavy (non-hydrogen) atoms. The molecule has 0 saturated carbocycles. The van der Waals surface area contributed by atoms with Gasteiger partial charge in [0.05, 0.1) is 6.61 Å². The summed E-state index contributed by atoms with van der Waals surface area (Å²) in [6, 6.07) is 0. The quantitative estimate of drug-likeness (QED) is 0.682. The Bertz CT molecular complexity index is 458. The number of hydrogen-bond donors (Lipinski definition) is 2. The van der Waals surface area contributed by atoms with Crippen LogP contribution in [-0.2, 0) is 10.2 Å². The second kappa shape index (κ2) is 8.78. The van der Waals surface area contributed by atoms with Crippen molar-refractivity contribution in [1.29, 1.82) is 0 Å². The van der Waals surface area contributed by atoms with E-state index in [9.17, 15) is 0 Å². The van der Waals surface area contributed by atoms with Gasteiger partial charge < -0.3 is 20.5 Å². The van der Waals surface area contributed by atoms with E-state index in [1.54, 1.807) is 0 Å². The van der Waals surface area contributed by atoms with Gasteiger partial charge in [-0.15, -0.1) is 0 Å². The molecule has 126 valence electrons. The van der Waals surface area contributed by atoms with E-state index < -0.39 is 0 Å². The Kier molecular flexibility index (Phi) is 7.38. The van der Waals surface area contributed by atoms with E-state index in [-0.39, 0.29) is 5.41 Å². The van der Waals surface area contributed by atoms with Crippen molar-refractivity contribution in [1.82, 2.24) is 9.97 Å². The highest BCUT2D eigenvalue weighted by Crippen LogP contribution is 2.30. The molecule has 1 aromatic rings. The van der Waals surface area contributed by atoms with Gasteiger partial charge in [0.2, 0.25) is 5.88 Å². The van der Waals surface area contributed by atoms with Crippen LogP contribution in [-0.4, -0.2) is 36.3 Å². The number of rotatable bonds is 9. The molecule has 0 unspecified atom stereocenters. The predicted octanol–water partition coefficient (Wildman–Crippen LogP) is 2.98. The molecular weight excluding hydrogens is 280 g/mol. The van der Waals surface area contributed by atoms with Crippen molar-refractivity contribution in [2.24, 2.45) is 0 Å². The Morgan fingerprint density at radius 2 is 1.86 bits per heavy atom. The standard InChI is InChI=1S/C16H30N4O2/c1-6-10-22-14-12(17)13(18-9-8-11-21-7-2)19-15(20-14)16(3,4)5/h6-11,17H2,1-5H3,(H,18,19,20). The van der Waals surface area contributed by atoms with Gasteiger partial charge >= 0.3 is 0 Å². The number of nitrogen functional groups attached to an aromatic ring is 1. The molecule has 0 aliphatic carbocycles. The van der Waals surface area contributed by atoms with E-state index in [2.05, 4.69) is 43.0 Å². The summed E-state index contributed by atoms with van der Waals surface area (Å²) in [5, 5.41) is 3.27. The van der Waals surface area contributed by atoms with Crippen molar-refractivity contribution in [3.8, 4) is 5.88 Å². The van der Waals surface area contributed by atoms with E-state index in [0.29, 0.717) is 24.0 Å². The third kappa shape index (κ3) is 5.67. The molecule has 6 nitrogen and oxygen atoms in total. The minimum Gasteiger partial charge on any atom is -0.476 e. The average molecular weight is 310 g/mol. The van der Waals surface area contributed by atoms with Crippen LogP contribution in [0.2, 0.25) is 0 Å². The van der Waals surface area contributed by atoms with E-state index in [0.717, 1.165) is 38.4 Å². The highest BCUT2D eigenvalue weighted by molar-refractivity contribution is 5.67. The highest BCUT2D eigenvalue weighted by atomic mass is 16.5. The first-order chi connectivity index (χ1) is 10.4. The highest BCUT2D eigenvalue weighted by Gasteiger charge is 2.22. The zero-order valence-corrected chi connectivity index (χ0v) is 14.5. The lowest BCUT2D eigenvalue weighted by molar-refractivity contribution is 0.147. The van der Waals surface area contributed by atoms with Crippen molar-refractivity contribution in [2.45, 2.75) is 52.9 Å². The predicted molar refractivity (Wildman–Crippen MR) is 90.5 cm³/mol. The first kappa shape index (κ1) is 18.5. The van der Waals surface area contributed by atoms with Crippen LogP contribution >= 0.6 is 0 Å². The zero-order valence-electron chi connectivity index (χ0n) is 14.5. The van der Waals surface area contributed by atoms with Crippen LogP contribution in [0.3, 0.4) is 0 Å². The summed E-state index contributed by atoms with van der Waals surface area (Å²) in [7, 11) is 0. The first-order valence-corrected chi connectivity index (χ1v) is 8.02. The van der Waals surface area contributed by atoms with E-state index in [4.69, 9.17) is 15.2 Å². The second-order valence-corrected chi connectivity index (χ2v) is 6.19. The molecule has 0 saturated heterocycles. The summed E-state index contributed by atoms with van der Waals surface area (Å²) in [6.45, 7) is 13.0. The van der Waals surface area contributed by atoms with Gasteiger partial charge in [-0.3, -0.25) is 0 Å². The molecule has 0 spiro atoms. The summed E-state index contributed by atoms with van der Waals surface area (Å²) >= 11 is 0. The number of nitrogens with two attached hydrogens (primary N) is 1. The van der Waals surface area contributed by atoms with Crippen LogP contribution in [0.1, 0.15) is 53.3 Å². The molecule has 0 atom stereocenters. The number of hydrogen-bond acceptors (Lipinski definition) is 6. The SMILES string of the molecule is CCCOc1nc(C(C)(C)C)nc(NCCCOCC)c1N. The van der Waals surface area contributed by atoms with Crippen molar-refractivity contribution < 1.29 is 9.47 Å². The number of ether oxygens (including phenoxy) is 2. The van der Waals surface area contributed by atoms with Crippen molar-refractivity contribution in [3.05, 3.63) is 5.82 Å². The number of nitrogens with zero attached hydrogens (tertiary/aromatic N) is 2. The summed E-state index contributed by atoms with van der Waals surface area (Å²) < 4.78 is 11.0. The fourth-order valence-corrected chi connectivity index (χ4v) is 1.75. The van der Waals surface area contributed by atoms with Gasteiger partial charge in [0.25, 0.3) is 0 Å². The van der Waals surface area contributed by atoms with Crippen molar-refractivity contribution >= 4 is 11.5 Å². The van der Waals surface area contributed by atoms with Crippen LogP contribution in [0.5, 0.6) is 5.88 Å². The zero-order chi connectivity index (χ0) is 16.6. The lowest BCUT2D eigenvalue weighted by Crippen LogP contribution is -2.20. The lowest BCUT2D eigenvalue weighted by atomic mass is 9.96. The molecule has 0 aliphatic rings. The fourth-order valence-electron chi connectivity index (χ4n) is 1.75. The van der Waals surface area contributed by atoms with Gasteiger partial charge in [0.1, 0.15) is 11.5 Å². The first-order valence-electron chi connectivity index (χ1n) is 8.02. The number of aromatic nitrogens is 2.